The van der Waals surface area contributed by atoms with Crippen LogP contribution >= 0.6 is 0 Å². The Bertz CT molecular complexity index is 3220. The molecule has 1 atom stereocenters. The molecule has 306 valence electrons. The number of benzene rings is 9. The lowest BCUT2D eigenvalue weighted by Gasteiger charge is -2.26. The molecule has 12 rings (SSSR count). The van der Waals surface area contributed by atoms with E-state index in [9.17, 15) is 0 Å². The quantitative estimate of drug-likeness (QED) is 0.141. The van der Waals surface area contributed by atoms with Gasteiger partial charge in [0.25, 0.3) is 0 Å². The molecule has 10 aromatic rings. The van der Waals surface area contributed by atoms with Crippen molar-refractivity contribution in [3.63, 3.8) is 0 Å². The fourth-order valence-electron chi connectivity index (χ4n) is 10.6. The molecule has 64 heavy (non-hydrogen) atoms. The smallest absolute Gasteiger partial charge is 0.0531 e. The highest BCUT2D eigenvalue weighted by Gasteiger charge is 2.40. The number of nitrogens with zero attached hydrogens (tertiary/aromatic N) is 2. The molecule has 2 aliphatic rings. The van der Waals surface area contributed by atoms with Gasteiger partial charge in [-0.2, -0.15) is 0 Å². The summed E-state index contributed by atoms with van der Waals surface area (Å²) in [6, 6.07) is 82.7. The van der Waals surface area contributed by atoms with E-state index in [1.165, 1.54) is 89.0 Å². The molecule has 2 nitrogen and oxygen atoms in total. The summed E-state index contributed by atoms with van der Waals surface area (Å²) in [5.41, 5.74) is 23.1. The number of anilines is 3. The Morgan fingerprint density at radius 2 is 0.922 bits per heavy atom. The fourth-order valence-corrected chi connectivity index (χ4v) is 10.6. The molecule has 2 heterocycles. The molecule has 9 aromatic carbocycles. The average Bonchev–Trinajstić information content (AvgIpc) is 3.97. The molecule has 0 bridgehead atoms. The van der Waals surface area contributed by atoms with Gasteiger partial charge in [-0.3, -0.25) is 0 Å². The van der Waals surface area contributed by atoms with E-state index in [0.717, 1.165) is 29.9 Å². The first-order chi connectivity index (χ1) is 31.5. The second kappa shape index (κ2) is 15.3. The highest BCUT2D eigenvalue weighted by molar-refractivity contribution is 5.89. The third-order valence-corrected chi connectivity index (χ3v) is 14.0. The second-order valence-corrected chi connectivity index (χ2v) is 18.1. The number of fused-ring (bicyclic) bond motifs is 8. The van der Waals surface area contributed by atoms with Crippen LogP contribution in [0.15, 0.2) is 224 Å². The minimum atomic E-state index is -0.0721. The lowest BCUT2D eigenvalue weighted by molar-refractivity contribution is 0.642. The monoisotopic (exact) mass is 820 g/mol. The highest BCUT2D eigenvalue weighted by atomic mass is 15.1. The molecule has 1 aliphatic heterocycles. The average molecular weight is 821 g/mol. The number of para-hydroxylation sites is 1. The second-order valence-electron chi connectivity index (χ2n) is 18.1. The molecule has 0 fully saturated rings. The van der Waals surface area contributed by atoms with Crippen LogP contribution in [0.1, 0.15) is 54.1 Å². The molecule has 0 N–H and O–H groups in total. The zero-order chi connectivity index (χ0) is 42.8. The van der Waals surface area contributed by atoms with Crippen molar-refractivity contribution in [3.05, 3.63) is 252 Å². The van der Waals surface area contributed by atoms with Gasteiger partial charge in [-0.05, 0) is 134 Å². The number of hydrogen-bond donors (Lipinski definition) is 0. The van der Waals surface area contributed by atoms with Gasteiger partial charge in [-0.25, -0.2) is 0 Å². The van der Waals surface area contributed by atoms with Crippen molar-refractivity contribution in [3.8, 4) is 50.2 Å². The Hall–Kier alpha value is -7.68. The van der Waals surface area contributed by atoms with E-state index in [1.807, 2.05) is 0 Å². The van der Waals surface area contributed by atoms with Crippen LogP contribution in [0.25, 0.3) is 61.1 Å². The third kappa shape index (κ3) is 6.40. The van der Waals surface area contributed by atoms with Crippen molar-refractivity contribution < 1.29 is 0 Å². The van der Waals surface area contributed by atoms with E-state index in [4.69, 9.17) is 0 Å². The van der Waals surface area contributed by atoms with Gasteiger partial charge in [0.2, 0.25) is 0 Å². The highest BCUT2D eigenvalue weighted by Crippen LogP contribution is 2.53. The van der Waals surface area contributed by atoms with Gasteiger partial charge in [0.05, 0.1) is 11.2 Å². The number of rotatable bonds is 9. The summed E-state index contributed by atoms with van der Waals surface area (Å²) in [5, 5.41) is 1.31. The molecular formula is C62H48N2. The van der Waals surface area contributed by atoms with Crippen LogP contribution in [0.2, 0.25) is 0 Å². The van der Waals surface area contributed by atoms with Crippen LogP contribution in [0.3, 0.4) is 0 Å². The number of hydrogen-bond acceptors (Lipinski definition) is 1. The lowest BCUT2D eigenvalue weighted by Crippen LogP contribution is -2.15. The van der Waals surface area contributed by atoms with Gasteiger partial charge in [0.15, 0.2) is 0 Å². The van der Waals surface area contributed by atoms with Gasteiger partial charge in [0.1, 0.15) is 0 Å². The summed E-state index contributed by atoms with van der Waals surface area (Å²) >= 11 is 0. The van der Waals surface area contributed by atoms with Crippen LogP contribution in [0.4, 0.5) is 17.1 Å². The maximum Gasteiger partial charge on any atom is 0.0531 e. The summed E-state index contributed by atoms with van der Waals surface area (Å²) in [7, 11) is 0. The van der Waals surface area contributed by atoms with E-state index in [-0.39, 0.29) is 5.41 Å². The molecule has 0 radical (unpaired) electrons. The van der Waals surface area contributed by atoms with Gasteiger partial charge >= 0.3 is 0 Å². The number of aryl methyl sites for hydroxylation is 1. The van der Waals surface area contributed by atoms with Crippen LogP contribution in [-0.4, -0.2) is 4.57 Å². The topological polar surface area (TPSA) is 8.17 Å². The molecule has 1 aliphatic carbocycles. The predicted molar refractivity (Wildman–Crippen MR) is 268 cm³/mol. The SMILES string of the molecule is CC1(C)c2cc3c(cc2-n2c1cc1ccccc12)-c1ccccc1C3CCc1ccc(-c2ccc(N(c3ccc(-c4ccccc4)cc3)c3ccc(-c4ccccc4)cc3)cc2)cc1. The minimum absolute atomic E-state index is 0.0721. The number of aromatic nitrogens is 1. The predicted octanol–water partition coefficient (Wildman–Crippen LogP) is 16.5. The Balaban J connectivity index is 0.805. The van der Waals surface area contributed by atoms with E-state index < -0.39 is 0 Å². The van der Waals surface area contributed by atoms with Crippen LogP contribution in [-0.2, 0) is 11.8 Å². The van der Waals surface area contributed by atoms with Crippen molar-refractivity contribution in [1.82, 2.24) is 4.57 Å². The standard InChI is InChI=1S/C62H48N2/c1-62(2)58-40-56-55(53-18-10-11-19-54(53)57(56)41-60(58)64-59-20-12-9-17-49(59)39-61(62)64)38-23-42-21-24-45(25-22-42)48-30-36-52(37-31-48)63(50-32-26-46(27-33-50)43-13-5-3-6-14-43)51-34-28-47(29-35-51)44-15-7-4-8-16-44/h3-22,24-37,39-41,55H,23,38H2,1-2H3. The normalized spacial score (nSPS) is 14.2. The Labute approximate surface area is 376 Å². The summed E-state index contributed by atoms with van der Waals surface area (Å²) in [6.07, 6.45) is 2.09. The fraction of sp³-hybridized carbons (Fsp3) is 0.0968. The molecule has 0 spiro atoms. The van der Waals surface area contributed by atoms with Crippen molar-refractivity contribution in [2.75, 3.05) is 4.90 Å². The molecule has 1 aromatic heterocycles. The Morgan fingerprint density at radius 3 is 1.50 bits per heavy atom. The first-order valence-electron chi connectivity index (χ1n) is 22.7. The molecule has 0 amide bonds. The largest absolute Gasteiger partial charge is 0.312 e. The van der Waals surface area contributed by atoms with E-state index in [1.54, 1.807) is 0 Å². The zero-order valence-corrected chi connectivity index (χ0v) is 36.2. The van der Waals surface area contributed by atoms with Crippen LogP contribution in [0, 0.1) is 0 Å². The van der Waals surface area contributed by atoms with Crippen molar-refractivity contribution in [2.24, 2.45) is 0 Å². The molecule has 0 saturated carbocycles. The molecule has 2 heteroatoms. The van der Waals surface area contributed by atoms with Gasteiger partial charge in [-0.1, -0.05) is 184 Å². The third-order valence-electron chi connectivity index (χ3n) is 14.0. The summed E-state index contributed by atoms with van der Waals surface area (Å²) < 4.78 is 2.52. The summed E-state index contributed by atoms with van der Waals surface area (Å²) in [4.78, 5) is 2.35. The van der Waals surface area contributed by atoms with Crippen LogP contribution < -0.4 is 4.90 Å². The van der Waals surface area contributed by atoms with E-state index in [2.05, 4.69) is 248 Å². The van der Waals surface area contributed by atoms with Crippen molar-refractivity contribution in [2.45, 2.75) is 38.0 Å². The van der Waals surface area contributed by atoms with Crippen molar-refractivity contribution >= 4 is 28.0 Å². The Morgan fingerprint density at radius 1 is 0.438 bits per heavy atom. The first-order valence-corrected chi connectivity index (χ1v) is 22.7. The minimum Gasteiger partial charge on any atom is -0.312 e. The molecule has 0 saturated heterocycles. The van der Waals surface area contributed by atoms with E-state index >= 15 is 0 Å². The lowest BCUT2D eigenvalue weighted by atomic mass is 9.80. The van der Waals surface area contributed by atoms with Gasteiger partial charge in [-0.15, -0.1) is 0 Å². The maximum absolute atomic E-state index is 2.56. The van der Waals surface area contributed by atoms with Crippen LogP contribution in [0.5, 0.6) is 0 Å². The van der Waals surface area contributed by atoms with Gasteiger partial charge < -0.3 is 9.47 Å². The zero-order valence-electron chi connectivity index (χ0n) is 36.2. The van der Waals surface area contributed by atoms with E-state index in [0.29, 0.717) is 5.92 Å². The Kier molecular flexibility index (Phi) is 9.09. The van der Waals surface area contributed by atoms with Crippen molar-refractivity contribution in [1.29, 1.82) is 0 Å². The summed E-state index contributed by atoms with van der Waals surface area (Å²) in [5.74, 6) is 0.364. The summed E-state index contributed by atoms with van der Waals surface area (Å²) in [6.45, 7) is 4.79. The maximum atomic E-state index is 2.56. The molecular weight excluding hydrogens is 773 g/mol. The molecule has 1 unspecified atom stereocenters. The first kappa shape index (κ1) is 38.0. The van der Waals surface area contributed by atoms with Gasteiger partial charge in [0, 0.05) is 39.5 Å².